The number of hydrogen-bond acceptors (Lipinski definition) is 2. The summed E-state index contributed by atoms with van der Waals surface area (Å²) in [5.74, 6) is 0.796. The molecule has 1 saturated carbocycles. The van der Waals surface area contributed by atoms with Crippen molar-refractivity contribution in [1.82, 2.24) is 4.90 Å². The lowest BCUT2D eigenvalue weighted by Crippen LogP contribution is -2.41. The predicted octanol–water partition coefficient (Wildman–Crippen LogP) is 4.50. The number of benzene rings is 1. The van der Waals surface area contributed by atoms with E-state index in [1.807, 2.05) is 18.2 Å². The second-order valence-electron chi connectivity index (χ2n) is 6.01. The third-order valence-electron chi connectivity index (χ3n) is 4.52. The molecule has 0 aliphatic heterocycles. The van der Waals surface area contributed by atoms with Gasteiger partial charge in [0.25, 0.3) is 0 Å². The first kappa shape index (κ1) is 16.1. The van der Waals surface area contributed by atoms with Gasteiger partial charge in [0, 0.05) is 28.7 Å². The van der Waals surface area contributed by atoms with Crippen LogP contribution >= 0.6 is 23.2 Å². The van der Waals surface area contributed by atoms with Crippen molar-refractivity contribution in [3.8, 4) is 0 Å². The fourth-order valence-corrected chi connectivity index (χ4v) is 3.73. The minimum Gasteiger partial charge on any atom is -0.329 e. The summed E-state index contributed by atoms with van der Waals surface area (Å²) >= 11 is 12.5. The van der Waals surface area contributed by atoms with Gasteiger partial charge >= 0.3 is 0 Å². The number of halogens is 2. The summed E-state index contributed by atoms with van der Waals surface area (Å²) in [5.41, 5.74) is 7.07. The molecule has 1 aromatic rings. The van der Waals surface area contributed by atoms with Gasteiger partial charge in [-0.25, -0.2) is 0 Å². The molecule has 0 aromatic heterocycles. The average molecular weight is 315 g/mol. The summed E-state index contributed by atoms with van der Waals surface area (Å²) in [5, 5.41) is 1.47. The van der Waals surface area contributed by atoms with Crippen molar-refractivity contribution in [2.24, 2.45) is 11.7 Å². The van der Waals surface area contributed by atoms with Crippen LogP contribution in [0, 0.1) is 5.92 Å². The van der Waals surface area contributed by atoms with Crippen LogP contribution in [-0.4, -0.2) is 24.5 Å². The Kier molecular flexibility index (Phi) is 5.74. The van der Waals surface area contributed by atoms with E-state index in [9.17, 15) is 0 Å². The molecular weight excluding hydrogens is 291 g/mol. The lowest BCUT2D eigenvalue weighted by molar-refractivity contribution is 0.121. The Morgan fingerprint density at radius 3 is 2.75 bits per heavy atom. The molecule has 112 valence electrons. The molecule has 1 aromatic carbocycles. The zero-order valence-electron chi connectivity index (χ0n) is 12.3. The molecule has 2 nitrogen and oxygen atoms in total. The molecule has 4 heteroatoms. The maximum Gasteiger partial charge on any atom is 0.0485 e. The first-order valence-electron chi connectivity index (χ1n) is 7.40. The van der Waals surface area contributed by atoms with Gasteiger partial charge in [-0.2, -0.15) is 0 Å². The second kappa shape index (κ2) is 7.13. The van der Waals surface area contributed by atoms with E-state index < -0.39 is 0 Å². The van der Waals surface area contributed by atoms with Crippen molar-refractivity contribution < 1.29 is 0 Å². The van der Waals surface area contributed by atoms with Crippen LogP contribution in [-0.2, 0) is 0 Å². The normalized spacial score (nSPS) is 24.9. The zero-order valence-corrected chi connectivity index (χ0v) is 13.8. The van der Waals surface area contributed by atoms with Crippen LogP contribution in [0.25, 0.3) is 0 Å². The summed E-state index contributed by atoms with van der Waals surface area (Å²) in [6, 6.07) is 6.35. The molecule has 0 bridgehead atoms. The molecule has 0 amide bonds. The molecule has 2 N–H and O–H groups in total. The molecule has 0 radical (unpaired) electrons. The highest BCUT2D eigenvalue weighted by Crippen LogP contribution is 2.34. The Labute approximate surface area is 132 Å². The summed E-state index contributed by atoms with van der Waals surface area (Å²) < 4.78 is 0. The zero-order chi connectivity index (χ0) is 14.7. The standard InChI is InChI=1S/C16H24Cl2N2/c1-11-4-3-5-13(8-11)20(2)16(10-19)14-9-12(17)6-7-15(14)18/h6-7,9,11,13,16H,3-5,8,10,19H2,1-2H3. The molecule has 3 unspecified atom stereocenters. The third-order valence-corrected chi connectivity index (χ3v) is 5.10. The Balaban J connectivity index is 2.20. The van der Waals surface area contributed by atoms with Crippen LogP contribution in [0.1, 0.15) is 44.2 Å². The molecule has 1 aliphatic rings. The highest BCUT2D eigenvalue weighted by atomic mass is 35.5. The molecule has 0 saturated heterocycles. The van der Waals surface area contributed by atoms with Gasteiger partial charge in [-0.1, -0.05) is 43.0 Å². The largest absolute Gasteiger partial charge is 0.329 e. The summed E-state index contributed by atoms with van der Waals surface area (Å²) in [7, 11) is 2.16. The van der Waals surface area contributed by atoms with Crippen LogP contribution < -0.4 is 5.73 Å². The fourth-order valence-electron chi connectivity index (χ4n) is 3.31. The van der Waals surface area contributed by atoms with Crippen LogP contribution in [0.3, 0.4) is 0 Å². The Morgan fingerprint density at radius 1 is 1.35 bits per heavy atom. The van der Waals surface area contributed by atoms with Gasteiger partial charge < -0.3 is 5.73 Å². The molecular formula is C16H24Cl2N2. The lowest BCUT2D eigenvalue weighted by atomic mass is 9.85. The quantitative estimate of drug-likeness (QED) is 0.886. The Hall–Kier alpha value is -0.280. The van der Waals surface area contributed by atoms with Gasteiger partial charge in [-0.3, -0.25) is 4.90 Å². The predicted molar refractivity (Wildman–Crippen MR) is 87.4 cm³/mol. The number of rotatable bonds is 4. The van der Waals surface area contributed by atoms with Crippen molar-refractivity contribution in [3.05, 3.63) is 33.8 Å². The SMILES string of the molecule is CC1CCCC(N(C)C(CN)c2cc(Cl)ccc2Cl)C1. The molecule has 3 atom stereocenters. The van der Waals surface area contributed by atoms with Crippen LogP contribution in [0.4, 0.5) is 0 Å². The Morgan fingerprint density at radius 2 is 2.10 bits per heavy atom. The molecule has 1 fully saturated rings. The number of likely N-dealkylation sites (N-methyl/N-ethyl adjacent to an activating group) is 1. The molecule has 0 spiro atoms. The highest BCUT2D eigenvalue weighted by Gasteiger charge is 2.28. The second-order valence-corrected chi connectivity index (χ2v) is 6.85. The van der Waals surface area contributed by atoms with E-state index in [1.165, 1.54) is 25.7 Å². The van der Waals surface area contributed by atoms with E-state index in [2.05, 4.69) is 18.9 Å². The number of nitrogens with two attached hydrogens (primary N) is 1. The van der Waals surface area contributed by atoms with E-state index in [4.69, 9.17) is 28.9 Å². The molecule has 1 aliphatic carbocycles. The molecule has 2 rings (SSSR count). The fraction of sp³-hybridized carbons (Fsp3) is 0.625. The Bertz CT molecular complexity index is 450. The first-order valence-corrected chi connectivity index (χ1v) is 8.15. The van der Waals surface area contributed by atoms with E-state index in [1.54, 1.807) is 0 Å². The van der Waals surface area contributed by atoms with Gasteiger partial charge in [0.2, 0.25) is 0 Å². The van der Waals surface area contributed by atoms with Crippen molar-refractivity contribution in [2.45, 2.75) is 44.7 Å². The first-order chi connectivity index (χ1) is 9.52. The minimum absolute atomic E-state index is 0.136. The van der Waals surface area contributed by atoms with E-state index in [-0.39, 0.29) is 6.04 Å². The van der Waals surface area contributed by atoms with Gasteiger partial charge in [0.05, 0.1) is 0 Å². The van der Waals surface area contributed by atoms with Crippen molar-refractivity contribution in [2.75, 3.05) is 13.6 Å². The maximum atomic E-state index is 6.34. The van der Waals surface area contributed by atoms with E-state index in [0.29, 0.717) is 17.6 Å². The number of nitrogens with zero attached hydrogens (tertiary/aromatic N) is 1. The minimum atomic E-state index is 0.136. The van der Waals surface area contributed by atoms with Gasteiger partial charge in [-0.05, 0) is 49.6 Å². The smallest absolute Gasteiger partial charge is 0.0485 e. The van der Waals surface area contributed by atoms with Crippen LogP contribution in [0.2, 0.25) is 10.0 Å². The summed E-state index contributed by atoms with van der Waals surface area (Å²) in [4.78, 5) is 2.40. The maximum absolute atomic E-state index is 6.34. The monoisotopic (exact) mass is 314 g/mol. The number of hydrogen-bond donors (Lipinski definition) is 1. The van der Waals surface area contributed by atoms with Crippen LogP contribution in [0.5, 0.6) is 0 Å². The summed E-state index contributed by atoms with van der Waals surface area (Å²) in [6.45, 7) is 2.89. The van der Waals surface area contributed by atoms with Gasteiger partial charge in [0.1, 0.15) is 0 Å². The average Bonchev–Trinajstić information content (AvgIpc) is 2.43. The van der Waals surface area contributed by atoms with E-state index >= 15 is 0 Å². The van der Waals surface area contributed by atoms with Crippen molar-refractivity contribution in [1.29, 1.82) is 0 Å². The van der Waals surface area contributed by atoms with Gasteiger partial charge in [-0.15, -0.1) is 0 Å². The molecule has 20 heavy (non-hydrogen) atoms. The van der Waals surface area contributed by atoms with Gasteiger partial charge in [0.15, 0.2) is 0 Å². The topological polar surface area (TPSA) is 29.3 Å². The lowest BCUT2D eigenvalue weighted by Gasteiger charge is -2.39. The summed E-state index contributed by atoms with van der Waals surface area (Å²) in [6.07, 6.45) is 5.13. The molecule has 0 heterocycles. The third kappa shape index (κ3) is 3.67. The highest BCUT2D eigenvalue weighted by molar-refractivity contribution is 6.33. The van der Waals surface area contributed by atoms with Crippen molar-refractivity contribution >= 4 is 23.2 Å². The van der Waals surface area contributed by atoms with E-state index in [0.717, 1.165) is 16.5 Å². The van der Waals surface area contributed by atoms with Crippen LogP contribution in [0.15, 0.2) is 18.2 Å². The van der Waals surface area contributed by atoms with Crippen molar-refractivity contribution in [3.63, 3.8) is 0 Å².